The predicted octanol–water partition coefficient (Wildman–Crippen LogP) is 4.66. The molecule has 0 fully saturated rings. The van der Waals surface area contributed by atoms with Gasteiger partial charge in [0.15, 0.2) is 6.10 Å². The molecule has 0 aliphatic heterocycles. The van der Waals surface area contributed by atoms with Crippen LogP contribution in [0, 0.1) is 7.14 Å². The van der Waals surface area contributed by atoms with Crippen molar-refractivity contribution in [2.45, 2.75) is 12.7 Å². The maximum Gasteiger partial charge on any atom is 0.273 e. The molecule has 0 bridgehead atoms. The summed E-state index contributed by atoms with van der Waals surface area (Å²) in [6.07, 6.45) is 0.281. The Hall–Kier alpha value is -1.98. The first-order chi connectivity index (χ1) is 14.0. The first-order valence-electron chi connectivity index (χ1n) is 8.76. The number of carbonyl (C=O) groups excluding carboxylic acids is 1. The lowest BCUT2D eigenvalue weighted by molar-refractivity contribution is -0.129. The molecule has 3 aromatic rings. The quantitative estimate of drug-likeness (QED) is 0.232. The minimum atomic E-state index is -1.26. The maximum absolute atomic E-state index is 12.0. The molecular formula is C22H18I2N2O3. The van der Waals surface area contributed by atoms with E-state index >= 15 is 0 Å². The lowest BCUT2D eigenvalue weighted by Crippen LogP contribution is -2.25. The molecule has 29 heavy (non-hydrogen) atoms. The molecule has 1 atom stereocenters. The van der Waals surface area contributed by atoms with E-state index in [0.29, 0.717) is 12.2 Å². The third kappa shape index (κ3) is 6.25. The summed E-state index contributed by atoms with van der Waals surface area (Å²) in [6, 6.07) is 22.6. The molecule has 0 saturated carbocycles. The molecule has 0 aliphatic rings. The predicted molar refractivity (Wildman–Crippen MR) is 130 cm³/mol. The van der Waals surface area contributed by atoms with Gasteiger partial charge in [-0.15, -0.1) is 0 Å². The van der Waals surface area contributed by atoms with Gasteiger partial charge < -0.3 is 9.84 Å². The van der Waals surface area contributed by atoms with E-state index in [9.17, 15) is 9.90 Å². The summed E-state index contributed by atoms with van der Waals surface area (Å²) in [4.78, 5) is 12.0. The molecule has 0 heterocycles. The van der Waals surface area contributed by atoms with Crippen molar-refractivity contribution >= 4 is 57.3 Å². The van der Waals surface area contributed by atoms with E-state index in [1.54, 1.807) is 30.5 Å². The first kappa shape index (κ1) is 21.7. The number of rotatable bonds is 7. The fourth-order valence-electron chi connectivity index (χ4n) is 2.54. The van der Waals surface area contributed by atoms with Crippen molar-refractivity contribution in [1.82, 2.24) is 5.43 Å². The summed E-state index contributed by atoms with van der Waals surface area (Å²) in [5.41, 5.74) is 4.81. The third-order valence-electron chi connectivity index (χ3n) is 4.00. The number of nitrogens with zero attached hydrogens (tertiary/aromatic N) is 1. The van der Waals surface area contributed by atoms with Crippen molar-refractivity contribution < 1.29 is 14.6 Å². The number of amides is 1. The smallest absolute Gasteiger partial charge is 0.273 e. The summed E-state index contributed by atoms with van der Waals surface area (Å²) >= 11 is 4.44. The minimum Gasteiger partial charge on any atom is -0.487 e. The molecule has 3 aromatic carbocycles. The van der Waals surface area contributed by atoms with E-state index in [0.717, 1.165) is 24.0 Å². The zero-order valence-corrected chi connectivity index (χ0v) is 19.6. The fraction of sp³-hybridized carbons (Fsp3) is 0.0909. The van der Waals surface area contributed by atoms with Crippen molar-refractivity contribution in [2.75, 3.05) is 0 Å². The molecule has 0 aromatic heterocycles. The SMILES string of the molecule is O=C(N/N=C\c1cc(I)c(OCc2ccccc2)c(I)c1)[C@@H](O)c1ccccc1. The van der Waals surface area contributed by atoms with Crippen LogP contribution in [0.3, 0.4) is 0 Å². The van der Waals surface area contributed by atoms with Gasteiger partial charge >= 0.3 is 0 Å². The van der Waals surface area contributed by atoms with Crippen molar-refractivity contribution in [3.63, 3.8) is 0 Å². The summed E-state index contributed by atoms with van der Waals surface area (Å²) in [5, 5.41) is 14.0. The van der Waals surface area contributed by atoms with Gasteiger partial charge in [0.25, 0.3) is 5.91 Å². The molecule has 148 valence electrons. The number of ether oxygens (including phenoxy) is 1. The summed E-state index contributed by atoms with van der Waals surface area (Å²) < 4.78 is 7.86. The Balaban J connectivity index is 1.61. The molecule has 5 nitrogen and oxygen atoms in total. The lowest BCUT2D eigenvalue weighted by Gasteiger charge is -2.11. The summed E-state index contributed by atoms with van der Waals surface area (Å²) in [7, 11) is 0. The maximum atomic E-state index is 12.0. The zero-order valence-electron chi connectivity index (χ0n) is 15.3. The van der Waals surface area contributed by atoms with Crippen molar-refractivity contribution in [3.05, 3.63) is 96.6 Å². The summed E-state index contributed by atoms with van der Waals surface area (Å²) in [6.45, 7) is 0.494. The number of halogens is 2. The average molecular weight is 612 g/mol. The van der Waals surface area contributed by atoms with Crippen LogP contribution >= 0.6 is 45.2 Å². The van der Waals surface area contributed by atoms with E-state index in [1.165, 1.54) is 0 Å². The minimum absolute atomic E-state index is 0.494. The highest BCUT2D eigenvalue weighted by atomic mass is 127. The van der Waals surface area contributed by atoms with Gasteiger partial charge in [-0.2, -0.15) is 5.10 Å². The highest BCUT2D eigenvalue weighted by Crippen LogP contribution is 2.29. The molecule has 0 spiro atoms. The molecule has 0 radical (unpaired) electrons. The Morgan fingerprint density at radius 1 is 1.03 bits per heavy atom. The zero-order chi connectivity index (χ0) is 20.6. The molecule has 7 heteroatoms. The number of aliphatic hydroxyl groups is 1. The molecule has 0 aliphatic carbocycles. The van der Waals surface area contributed by atoms with Gasteiger partial charge in [0.05, 0.1) is 13.4 Å². The normalized spacial score (nSPS) is 12.0. The number of carbonyl (C=O) groups is 1. The van der Waals surface area contributed by atoms with Gasteiger partial charge in [0.2, 0.25) is 0 Å². The Morgan fingerprint density at radius 2 is 1.62 bits per heavy atom. The molecule has 3 rings (SSSR count). The number of nitrogens with one attached hydrogen (secondary N) is 1. The van der Waals surface area contributed by atoms with Crippen LogP contribution in [-0.4, -0.2) is 17.2 Å². The van der Waals surface area contributed by atoms with Crippen LogP contribution in [0.15, 0.2) is 77.9 Å². The number of hydrazone groups is 1. The van der Waals surface area contributed by atoms with E-state index < -0.39 is 12.0 Å². The number of benzene rings is 3. The molecule has 2 N–H and O–H groups in total. The Morgan fingerprint density at radius 3 is 2.24 bits per heavy atom. The fourth-order valence-corrected chi connectivity index (χ4v) is 4.67. The van der Waals surface area contributed by atoms with Crippen molar-refractivity contribution in [1.29, 1.82) is 0 Å². The molecular weight excluding hydrogens is 594 g/mol. The van der Waals surface area contributed by atoms with Gasteiger partial charge in [-0.25, -0.2) is 5.43 Å². The van der Waals surface area contributed by atoms with Crippen LogP contribution in [0.1, 0.15) is 22.8 Å². The van der Waals surface area contributed by atoms with Gasteiger partial charge in [0, 0.05) is 0 Å². The first-order valence-corrected chi connectivity index (χ1v) is 10.9. The highest BCUT2D eigenvalue weighted by Gasteiger charge is 2.16. The van der Waals surface area contributed by atoms with Crippen molar-refractivity contribution in [3.8, 4) is 5.75 Å². The topological polar surface area (TPSA) is 70.9 Å². The van der Waals surface area contributed by atoms with E-state index in [-0.39, 0.29) is 0 Å². The Labute approximate surface area is 196 Å². The molecule has 1 amide bonds. The largest absolute Gasteiger partial charge is 0.487 e. The van der Waals surface area contributed by atoms with Gasteiger partial charge in [-0.05, 0) is 74.0 Å². The average Bonchev–Trinajstić information content (AvgIpc) is 2.74. The van der Waals surface area contributed by atoms with Gasteiger partial charge in [-0.1, -0.05) is 60.7 Å². The van der Waals surface area contributed by atoms with Crippen molar-refractivity contribution in [2.24, 2.45) is 5.10 Å². The highest BCUT2D eigenvalue weighted by molar-refractivity contribution is 14.1. The second-order valence-corrected chi connectivity index (χ2v) is 8.46. The Kier molecular flexibility index (Phi) is 8.01. The third-order valence-corrected chi connectivity index (χ3v) is 5.60. The van der Waals surface area contributed by atoms with Crippen LogP contribution in [0.4, 0.5) is 0 Å². The standard InChI is InChI=1S/C22H18I2N2O3/c23-18-11-16(12-19(24)21(18)29-14-15-7-3-1-4-8-15)13-25-26-22(28)20(27)17-9-5-2-6-10-17/h1-13,20,27H,14H2,(H,26,28)/b25-13-/t20-/m0/s1. The monoisotopic (exact) mass is 612 g/mol. The van der Waals surface area contributed by atoms with Crippen LogP contribution in [0.2, 0.25) is 0 Å². The second kappa shape index (κ2) is 10.7. The lowest BCUT2D eigenvalue weighted by atomic mass is 10.1. The van der Waals surface area contributed by atoms with Crippen LogP contribution in [0.25, 0.3) is 0 Å². The number of hydrogen-bond acceptors (Lipinski definition) is 4. The molecule has 0 saturated heterocycles. The number of hydrogen-bond donors (Lipinski definition) is 2. The van der Waals surface area contributed by atoms with E-state index in [2.05, 4.69) is 55.7 Å². The second-order valence-electron chi connectivity index (χ2n) is 6.14. The van der Waals surface area contributed by atoms with Crippen LogP contribution < -0.4 is 10.2 Å². The van der Waals surface area contributed by atoms with E-state index in [4.69, 9.17) is 4.74 Å². The Bertz CT molecular complexity index is 972. The van der Waals surface area contributed by atoms with Crippen LogP contribution in [0.5, 0.6) is 5.75 Å². The van der Waals surface area contributed by atoms with Gasteiger partial charge in [-0.3, -0.25) is 4.79 Å². The number of aliphatic hydroxyl groups excluding tert-OH is 1. The van der Waals surface area contributed by atoms with E-state index in [1.807, 2.05) is 48.5 Å². The summed E-state index contributed by atoms with van der Waals surface area (Å²) in [5.74, 6) is 0.232. The van der Waals surface area contributed by atoms with Gasteiger partial charge in [0.1, 0.15) is 12.4 Å². The molecule has 0 unspecified atom stereocenters. The van der Waals surface area contributed by atoms with Crippen LogP contribution in [-0.2, 0) is 11.4 Å².